The predicted octanol–water partition coefficient (Wildman–Crippen LogP) is 7.40. The van der Waals surface area contributed by atoms with E-state index < -0.39 is 17.7 Å². The first kappa shape index (κ1) is 26.2. The molecule has 0 aromatic heterocycles. The van der Waals surface area contributed by atoms with Crippen molar-refractivity contribution in [2.24, 2.45) is 0 Å². The topological polar surface area (TPSA) is 66.8 Å². The van der Waals surface area contributed by atoms with E-state index in [4.69, 9.17) is 4.74 Å². The van der Waals surface area contributed by atoms with Crippen molar-refractivity contribution in [3.05, 3.63) is 101 Å². The first-order valence-corrected chi connectivity index (χ1v) is 13.1. The lowest BCUT2D eigenvalue weighted by Gasteiger charge is -2.26. The normalized spacial score (nSPS) is 17.0. The molecule has 192 valence electrons. The largest absolute Gasteiger partial charge is 0.507 e. The summed E-state index contributed by atoms with van der Waals surface area (Å²) >= 11 is 0. The molecule has 1 aliphatic rings. The maximum Gasteiger partial charge on any atom is 0.300 e. The number of unbranched alkanes of at least 4 members (excludes halogenated alkanes) is 3. The minimum atomic E-state index is -0.763. The lowest BCUT2D eigenvalue weighted by atomic mass is 9.93. The molecule has 37 heavy (non-hydrogen) atoms. The predicted molar refractivity (Wildman–Crippen MR) is 148 cm³/mol. The number of amides is 1. The molecule has 1 heterocycles. The molecule has 0 spiro atoms. The zero-order valence-electron chi connectivity index (χ0n) is 21.8. The van der Waals surface area contributed by atoms with Gasteiger partial charge in [-0.3, -0.25) is 14.5 Å². The number of rotatable bonds is 10. The second kappa shape index (κ2) is 11.9. The average Bonchev–Trinajstić information content (AvgIpc) is 3.19. The lowest BCUT2D eigenvalue weighted by molar-refractivity contribution is -0.132. The van der Waals surface area contributed by atoms with Gasteiger partial charge >= 0.3 is 0 Å². The van der Waals surface area contributed by atoms with Gasteiger partial charge in [0.1, 0.15) is 11.5 Å². The number of Topliss-reactive ketones (excluding diaryl/α,β-unsaturated/α-hetero) is 1. The van der Waals surface area contributed by atoms with E-state index in [0.29, 0.717) is 29.5 Å². The van der Waals surface area contributed by atoms with Crippen LogP contribution in [0.2, 0.25) is 0 Å². The Balaban J connectivity index is 1.76. The minimum absolute atomic E-state index is 0.0828. The molecule has 5 nitrogen and oxygen atoms in total. The number of ketones is 1. The van der Waals surface area contributed by atoms with Gasteiger partial charge < -0.3 is 9.84 Å². The Morgan fingerprint density at radius 1 is 0.919 bits per heavy atom. The van der Waals surface area contributed by atoms with E-state index in [1.54, 1.807) is 36.4 Å². The molecule has 1 saturated heterocycles. The van der Waals surface area contributed by atoms with Crippen LogP contribution in [0.25, 0.3) is 5.76 Å². The first-order valence-electron chi connectivity index (χ1n) is 13.1. The zero-order valence-corrected chi connectivity index (χ0v) is 21.8. The molecule has 1 N–H and O–H groups in total. The van der Waals surface area contributed by atoms with Gasteiger partial charge in [0.05, 0.1) is 18.2 Å². The van der Waals surface area contributed by atoms with Gasteiger partial charge in [0.15, 0.2) is 0 Å². The number of anilines is 1. The molecule has 0 saturated carbocycles. The van der Waals surface area contributed by atoms with Crippen molar-refractivity contribution >= 4 is 23.1 Å². The molecule has 1 aliphatic heterocycles. The number of benzene rings is 3. The third kappa shape index (κ3) is 5.77. The second-order valence-electron chi connectivity index (χ2n) is 9.76. The van der Waals surface area contributed by atoms with Gasteiger partial charge in [-0.15, -0.1) is 0 Å². The highest BCUT2D eigenvalue weighted by molar-refractivity contribution is 6.51. The Labute approximate surface area is 219 Å². The van der Waals surface area contributed by atoms with Gasteiger partial charge in [-0.1, -0.05) is 101 Å². The Morgan fingerprint density at radius 2 is 1.65 bits per heavy atom. The van der Waals surface area contributed by atoms with Crippen LogP contribution in [-0.4, -0.2) is 23.4 Å². The van der Waals surface area contributed by atoms with Crippen LogP contribution in [0.5, 0.6) is 5.75 Å². The summed E-state index contributed by atoms with van der Waals surface area (Å²) in [6.45, 7) is 6.99. The molecular formula is C32H35NO4. The number of aliphatic hydroxyl groups is 1. The molecule has 0 radical (unpaired) electrons. The van der Waals surface area contributed by atoms with Gasteiger partial charge in [0.2, 0.25) is 0 Å². The summed E-state index contributed by atoms with van der Waals surface area (Å²) in [5, 5.41) is 11.2. The molecule has 1 atom stereocenters. The van der Waals surface area contributed by atoms with Crippen molar-refractivity contribution in [1.82, 2.24) is 0 Å². The van der Waals surface area contributed by atoms with Gasteiger partial charge in [-0.25, -0.2) is 0 Å². The highest BCUT2D eigenvalue weighted by Gasteiger charge is 2.47. The summed E-state index contributed by atoms with van der Waals surface area (Å²) in [5.41, 5.74) is 3.04. The van der Waals surface area contributed by atoms with Crippen LogP contribution in [0.3, 0.4) is 0 Å². The fourth-order valence-corrected chi connectivity index (χ4v) is 4.67. The lowest BCUT2D eigenvalue weighted by Crippen LogP contribution is -2.29. The molecule has 3 aromatic rings. The SMILES string of the molecule is CCCCCCOc1cccc(N2C(=O)C(=O)C(=C(O)c3ccccc3)[C@@H]2c2ccc(C(C)C)cc2)c1. The van der Waals surface area contributed by atoms with Crippen LogP contribution >= 0.6 is 0 Å². The third-order valence-electron chi connectivity index (χ3n) is 6.77. The molecule has 5 heteroatoms. The van der Waals surface area contributed by atoms with Crippen LogP contribution in [-0.2, 0) is 9.59 Å². The molecular weight excluding hydrogens is 462 g/mol. The third-order valence-corrected chi connectivity index (χ3v) is 6.77. The van der Waals surface area contributed by atoms with Crippen molar-refractivity contribution in [2.45, 2.75) is 58.4 Å². The van der Waals surface area contributed by atoms with E-state index in [1.807, 2.05) is 42.5 Å². The van der Waals surface area contributed by atoms with Crippen LogP contribution in [0.1, 0.15) is 75.1 Å². The van der Waals surface area contributed by atoms with Crippen LogP contribution in [0.4, 0.5) is 5.69 Å². The molecule has 4 rings (SSSR count). The summed E-state index contributed by atoms with van der Waals surface area (Å²) in [5.74, 6) is -0.563. The van der Waals surface area contributed by atoms with E-state index in [9.17, 15) is 14.7 Å². The van der Waals surface area contributed by atoms with Crippen molar-refractivity contribution in [3.63, 3.8) is 0 Å². The Morgan fingerprint density at radius 3 is 2.32 bits per heavy atom. The van der Waals surface area contributed by atoms with Gasteiger partial charge in [-0.05, 0) is 35.6 Å². The summed E-state index contributed by atoms with van der Waals surface area (Å²) in [6.07, 6.45) is 4.40. The van der Waals surface area contributed by atoms with E-state index >= 15 is 0 Å². The summed E-state index contributed by atoms with van der Waals surface area (Å²) in [7, 11) is 0. The average molecular weight is 498 g/mol. The maximum atomic E-state index is 13.4. The van der Waals surface area contributed by atoms with Crippen molar-refractivity contribution in [3.8, 4) is 5.75 Å². The minimum Gasteiger partial charge on any atom is -0.507 e. The zero-order chi connectivity index (χ0) is 26.4. The standard InChI is InChI=1S/C32H35NO4/c1-4-5-6-10-20-37-27-15-11-14-26(21-27)33-29(24-18-16-23(17-19-24)22(2)3)28(31(35)32(33)36)30(34)25-12-8-7-9-13-25/h7-9,11-19,21-22,29,34H,4-6,10,20H2,1-3H3/t29-/m0/s1. The summed E-state index contributed by atoms with van der Waals surface area (Å²) in [6, 6.07) is 23.3. The van der Waals surface area contributed by atoms with Crippen molar-refractivity contribution in [1.29, 1.82) is 0 Å². The molecule has 1 fully saturated rings. The highest BCUT2D eigenvalue weighted by Crippen LogP contribution is 2.43. The van der Waals surface area contributed by atoms with Crippen LogP contribution in [0.15, 0.2) is 84.4 Å². The monoisotopic (exact) mass is 497 g/mol. The van der Waals surface area contributed by atoms with Gasteiger partial charge in [-0.2, -0.15) is 0 Å². The van der Waals surface area contributed by atoms with Gasteiger partial charge in [0, 0.05) is 17.3 Å². The van der Waals surface area contributed by atoms with Crippen molar-refractivity contribution < 1.29 is 19.4 Å². The van der Waals surface area contributed by atoms with Gasteiger partial charge in [0.25, 0.3) is 11.7 Å². The number of hydrogen-bond donors (Lipinski definition) is 1. The fourth-order valence-electron chi connectivity index (χ4n) is 4.67. The number of ether oxygens (including phenoxy) is 1. The van der Waals surface area contributed by atoms with E-state index in [1.165, 1.54) is 11.3 Å². The Kier molecular flexibility index (Phi) is 8.44. The highest BCUT2D eigenvalue weighted by atomic mass is 16.5. The summed E-state index contributed by atoms with van der Waals surface area (Å²) < 4.78 is 5.96. The van der Waals surface area contributed by atoms with Crippen LogP contribution in [0, 0.1) is 0 Å². The van der Waals surface area contributed by atoms with E-state index in [-0.39, 0.29) is 11.3 Å². The molecule has 3 aromatic carbocycles. The van der Waals surface area contributed by atoms with Crippen LogP contribution < -0.4 is 9.64 Å². The maximum absolute atomic E-state index is 13.4. The Bertz CT molecular complexity index is 1260. The molecule has 0 bridgehead atoms. The number of hydrogen-bond acceptors (Lipinski definition) is 4. The molecule has 0 aliphatic carbocycles. The number of nitrogens with zero attached hydrogens (tertiary/aromatic N) is 1. The smallest absolute Gasteiger partial charge is 0.300 e. The van der Waals surface area contributed by atoms with Crippen molar-refractivity contribution in [2.75, 3.05) is 11.5 Å². The van der Waals surface area contributed by atoms with E-state index in [0.717, 1.165) is 30.4 Å². The Hall–Kier alpha value is -3.86. The fraction of sp³-hybridized carbons (Fsp3) is 0.312. The molecule has 0 unspecified atom stereocenters. The molecule has 1 amide bonds. The second-order valence-corrected chi connectivity index (χ2v) is 9.76. The number of carbonyl (C=O) groups excluding carboxylic acids is 2. The summed E-state index contributed by atoms with van der Waals surface area (Å²) in [4.78, 5) is 28.3. The van der Waals surface area contributed by atoms with E-state index in [2.05, 4.69) is 20.8 Å². The number of carbonyl (C=O) groups is 2. The quantitative estimate of drug-likeness (QED) is 0.137. The number of aliphatic hydroxyl groups excluding tert-OH is 1. The first-order chi connectivity index (χ1) is 17.9.